The molecule has 0 saturated carbocycles. The van der Waals surface area contributed by atoms with Crippen molar-refractivity contribution in [2.45, 2.75) is 40.5 Å². The highest BCUT2D eigenvalue weighted by Crippen LogP contribution is 2.23. The Labute approximate surface area is 101 Å². The molecule has 90 valence electrons. The quantitative estimate of drug-likeness (QED) is 0.861. The van der Waals surface area contributed by atoms with Gasteiger partial charge >= 0.3 is 5.97 Å². The van der Waals surface area contributed by atoms with Gasteiger partial charge in [0.25, 0.3) is 0 Å². The van der Waals surface area contributed by atoms with Crippen LogP contribution in [0.4, 0.5) is 0 Å². The van der Waals surface area contributed by atoms with Crippen LogP contribution >= 0.6 is 11.3 Å². The lowest BCUT2D eigenvalue weighted by molar-refractivity contribution is 0.0700. The Morgan fingerprint density at radius 1 is 1.25 bits per heavy atom. The van der Waals surface area contributed by atoms with Gasteiger partial charge in [0.15, 0.2) is 0 Å². The van der Waals surface area contributed by atoms with Gasteiger partial charge in [-0.2, -0.15) is 0 Å². The number of hydrogen-bond acceptors (Lipinski definition) is 3. The van der Waals surface area contributed by atoms with Crippen molar-refractivity contribution in [3.05, 3.63) is 15.6 Å². The molecule has 0 aliphatic heterocycles. The van der Waals surface area contributed by atoms with Crippen LogP contribution in [0.3, 0.4) is 0 Å². The lowest BCUT2D eigenvalue weighted by Crippen LogP contribution is -2.02. The molecular weight excluding hydrogens is 222 g/mol. The third kappa shape index (κ3) is 3.59. The average Bonchev–Trinajstić information content (AvgIpc) is 2.45. The standard InChI is InChI=1S/C12H19NO2S/c1-7(2)5-9-11(12(14)15)16-10(13-9)6-8(3)4/h7-8H,5-6H2,1-4H3,(H,14,15). The molecule has 0 atom stereocenters. The summed E-state index contributed by atoms with van der Waals surface area (Å²) in [6.45, 7) is 8.38. The number of nitrogens with zero attached hydrogens (tertiary/aromatic N) is 1. The lowest BCUT2D eigenvalue weighted by Gasteiger charge is -2.01. The van der Waals surface area contributed by atoms with Crippen molar-refractivity contribution >= 4 is 17.3 Å². The summed E-state index contributed by atoms with van der Waals surface area (Å²) in [5.41, 5.74) is 0.753. The SMILES string of the molecule is CC(C)Cc1nc(CC(C)C)c(C(=O)O)s1. The minimum atomic E-state index is -0.844. The summed E-state index contributed by atoms with van der Waals surface area (Å²) in [6.07, 6.45) is 1.61. The van der Waals surface area contributed by atoms with E-state index in [-0.39, 0.29) is 0 Å². The second kappa shape index (κ2) is 5.43. The maximum atomic E-state index is 11.1. The number of rotatable bonds is 5. The zero-order valence-electron chi connectivity index (χ0n) is 10.3. The Kier molecular flexibility index (Phi) is 4.47. The van der Waals surface area contributed by atoms with Crippen molar-refractivity contribution in [2.75, 3.05) is 0 Å². The van der Waals surface area contributed by atoms with E-state index in [0.29, 0.717) is 16.7 Å². The van der Waals surface area contributed by atoms with Gasteiger partial charge in [-0.25, -0.2) is 9.78 Å². The first kappa shape index (κ1) is 13.2. The molecule has 0 aromatic carbocycles. The van der Waals surface area contributed by atoms with Crippen LogP contribution in [-0.2, 0) is 12.8 Å². The van der Waals surface area contributed by atoms with Crippen molar-refractivity contribution in [1.29, 1.82) is 0 Å². The highest BCUT2D eigenvalue weighted by Gasteiger charge is 2.18. The van der Waals surface area contributed by atoms with Crippen molar-refractivity contribution in [3.63, 3.8) is 0 Å². The minimum Gasteiger partial charge on any atom is -0.477 e. The van der Waals surface area contributed by atoms with E-state index < -0.39 is 5.97 Å². The Hall–Kier alpha value is -0.900. The van der Waals surface area contributed by atoms with Gasteiger partial charge in [-0.05, 0) is 18.3 Å². The first-order valence-electron chi connectivity index (χ1n) is 5.62. The van der Waals surface area contributed by atoms with Crippen LogP contribution in [0.5, 0.6) is 0 Å². The largest absolute Gasteiger partial charge is 0.477 e. The monoisotopic (exact) mass is 241 g/mol. The fourth-order valence-electron chi connectivity index (χ4n) is 1.53. The first-order valence-corrected chi connectivity index (χ1v) is 6.43. The second-order valence-electron chi connectivity index (χ2n) is 4.88. The number of carboxylic acids is 1. The molecule has 1 aromatic heterocycles. The molecule has 0 saturated heterocycles. The van der Waals surface area contributed by atoms with Gasteiger partial charge in [0.1, 0.15) is 4.88 Å². The molecule has 1 N–H and O–H groups in total. The van der Waals surface area contributed by atoms with Crippen LogP contribution in [0.25, 0.3) is 0 Å². The van der Waals surface area contributed by atoms with Gasteiger partial charge in [0.05, 0.1) is 10.7 Å². The summed E-state index contributed by atoms with van der Waals surface area (Å²) in [5, 5.41) is 10.0. The molecule has 0 bridgehead atoms. The third-order valence-corrected chi connectivity index (χ3v) is 3.23. The highest BCUT2D eigenvalue weighted by molar-refractivity contribution is 7.13. The summed E-state index contributed by atoms with van der Waals surface area (Å²) >= 11 is 1.33. The normalized spacial score (nSPS) is 11.4. The molecule has 0 amide bonds. The lowest BCUT2D eigenvalue weighted by atomic mass is 10.1. The zero-order valence-corrected chi connectivity index (χ0v) is 11.1. The molecule has 0 unspecified atom stereocenters. The highest BCUT2D eigenvalue weighted by atomic mass is 32.1. The number of carbonyl (C=O) groups is 1. The van der Waals surface area contributed by atoms with Crippen LogP contribution in [0.2, 0.25) is 0 Å². The molecule has 1 heterocycles. The maximum absolute atomic E-state index is 11.1. The summed E-state index contributed by atoms with van der Waals surface area (Å²) in [5.74, 6) is 0.106. The van der Waals surface area contributed by atoms with Crippen LogP contribution in [0.15, 0.2) is 0 Å². The summed E-state index contributed by atoms with van der Waals surface area (Å²) < 4.78 is 0. The molecule has 4 heteroatoms. The molecule has 1 rings (SSSR count). The smallest absolute Gasteiger partial charge is 0.347 e. The fraction of sp³-hybridized carbons (Fsp3) is 0.667. The predicted molar refractivity (Wildman–Crippen MR) is 66.2 cm³/mol. The third-order valence-electron chi connectivity index (χ3n) is 2.12. The van der Waals surface area contributed by atoms with E-state index in [9.17, 15) is 4.79 Å². The molecule has 16 heavy (non-hydrogen) atoms. The van der Waals surface area contributed by atoms with Crippen LogP contribution < -0.4 is 0 Å². The minimum absolute atomic E-state index is 0.421. The molecule has 0 spiro atoms. The molecule has 0 radical (unpaired) electrons. The molecule has 0 aliphatic carbocycles. The number of hydrogen-bond donors (Lipinski definition) is 1. The van der Waals surface area contributed by atoms with E-state index in [1.54, 1.807) is 0 Å². The van der Waals surface area contributed by atoms with Gasteiger partial charge < -0.3 is 5.11 Å². The van der Waals surface area contributed by atoms with Gasteiger partial charge in [-0.3, -0.25) is 0 Å². The number of aromatic carboxylic acids is 1. The van der Waals surface area contributed by atoms with Gasteiger partial charge in [0.2, 0.25) is 0 Å². The topological polar surface area (TPSA) is 50.2 Å². The summed E-state index contributed by atoms with van der Waals surface area (Å²) in [4.78, 5) is 15.9. The van der Waals surface area contributed by atoms with Gasteiger partial charge in [-0.1, -0.05) is 27.7 Å². The van der Waals surface area contributed by atoms with Crippen LogP contribution in [0, 0.1) is 11.8 Å². The predicted octanol–water partition coefficient (Wildman–Crippen LogP) is 3.24. The van der Waals surface area contributed by atoms with Gasteiger partial charge in [-0.15, -0.1) is 11.3 Å². The van der Waals surface area contributed by atoms with E-state index >= 15 is 0 Å². The number of thiazole rings is 1. The Morgan fingerprint density at radius 3 is 2.25 bits per heavy atom. The van der Waals surface area contributed by atoms with E-state index in [4.69, 9.17) is 5.11 Å². The molecular formula is C12H19NO2S. The Bertz CT molecular complexity index is 369. The first-order chi connectivity index (χ1) is 7.40. The second-order valence-corrected chi connectivity index (χ2v) is 5.97. The maximum Gasteiger partial charge on any atom is 0.347 e. The Balaban J connectivity index is 2.95. The van der Waals surface area contributed by atoms with E-state index in [1.165, 1.54) is 11.3 Å². The van der Waals surface area contributed by atoms with Gasteiger partial charge in [0, 0.05) is 6.42 Å². The van der Waals surface area contributed by atoms with Crippen LogP contribution in [-0.4, -0.2) is 16.1 Å². The number of aromatic nitrogens is 1. The Morgan fingerprint density at radius 2 is 1.81 bits per heavy atom. The van der Waals surface area contributed by atoms with E-state index in [2.05, 4.69) is 32.7 Å². The molecule has 0 fully saturated rings. The fourth-order valence-corrected chi connectivity index (χ4v) is 2.67. The van der Waals surface area contributed by atoms with E-state index in [1.807, 2.05) is 0 Å². The molecule has 3 nitrogen and oxygen atoms in total. The van der Waals surface area contributed by atoms with Crippen molar-refractivity contribution < 1.29 is 9.90 Å². The average molecular weight is 241 g/mol. The van der Waals surface area contributed by atoms with Crippen molar-refractivity contribution in [1.82, 2.24) is 4.98 Å². The molecule has 1 aromatic rings. The van der Waals surface area contributed by atoms with Crippen molar-refractivity contribution in [3.8, 4) is 0 Å². The zero-order chi connectivity index (χ0) is 12.3. The van der Waals surface area contributed by atoms with Crippen LogP contribution in [0.1, 0.15) is 48.1 Å². The molecule has 0 aliphatic rings. The summed E-state index contributed by atoms with van der Waals surface area (Å²) in [6, 6.07) is 0. The van der Waals surface area contributed by atoms with E-state index in [0.717, 1.165) is 23.5 Å². The summed E-state index contributed by atoms with van der Waals surface area (Å²) in [7, 11) is 0. The van der Waals surface area contributed by atoms with Crippen molar-refractivity contribution in [2.24, 2.45) is 11.8 Å². The number of carboxylic acid groups (broad SMARTS) is 1.